The van der Waals surface area contributed by atoms with Crippen molar-refractivity contribution in [1.82, 2.24) is 0 Å². The first-order valence-electron chi connectivity index (χ1n) is 7.51. The number of hydrogen-bond donors (Lipinski definition) is 1. The van der Waals surface area contributed by atoms with Gasteiger partial charge < -0.3 is 14.8 Å². The maximum atomic E-state index is 12.3. The van der Waals surface area contributed by atoms with E-state index in [2.05, 4.69) is 5.32 Å². The maximum absolute atomic E-state index is 12.3. The summed E-state index contributed by atoms with van der Waals surface area (Å²) in [6, 6.07) is 7.87. The summed E-state index contributed by atoms with van der Waals surface area (Å²) >= 11 is 11.7. The molecule has 0 aliphatic carbocycles. The summed E-state index contributed by atoms with van der Waals surface area (Å²) in [5, 5.41) is 13.8. The molecule has 0 bridgehead atoms. The quantitative estimate of drug-likeness (QED) is 0.434. The molecule has 0 heterocycles. The fraction of sp³-hybridized carbons (Fsp3) is 0.176. The maximum Gasteiger partial charge on any atom is 0.339 e. The predicted molar refractivity (Wildman–Crippen MR) is 99.6 cm³/mol. The number of hydrogen-bond acceptors (Lipinski definition) is 6. The lowest BCUT2D eigenvalue weighted by molar-refractivity contribution is -0.384. The molecule has 10 heteroatoms. The van der Waals surface area contributed by atoms with Gasteiger partial charge in [-0.3, -0.25) is 14.9 Å². The van der Waals surface area contributed by atoms with E-state index in [-0.39, 0.29) is 32.7 Å². The van der Waals surface area contributed by atoms with Crippen LogP contribution in [0.4, 0.5) is 11.4 Å². The monoisotopic (exact) mass is 412 g/mol. The number of anilines is 1. The number of esters is 1. The van der Waals surface area contributed by atoms with Crippen molar-refractivity contribution in [2.45, 2.75) is 13.0 Å². The Labute approximate surface area is 164 Å². The van der Waals surface area contributed by atoms with Crippen LogP contribution in [0.5, 0.6) is 5.75 Å². The van der Waals surface area contributed by atoms with Crippen molar-refractivity contribution in [2.24, 2.45) is 0 Å². The SMILES string of the molecule is COc1cc([N+](=O)[O-])ccc1NC(=O)[C@@H](C)OC(=O)c1cc(Cl)cc(Cl)c1. The van der Waals surface area contributed by atoms with Gasteiger partial charge in [-0.1, -0.05) is 23.2 Å². The number of nitrogens with zero attached hydrogens (tertiary/aromatic N) is 1. The first kappa shape index (κ1) is 20.5. The zero-order valence-electron chi connectivity index (χ0n) is 14.2. The largest absolute Gasteiger partial charge is 0.494 e. The van der Waals surface area contributed by atoms with Crippen molar-refractivity contribution < 1.29 is 24.0 Å². The third-order valence-corrected chi connectivity index (χ3v) is 3.84. The molecule has 27 heavy (non-hydrogen) atoms. The van der Waals surface area contributed by atoms with Crippen LogP contribution in [0.25, 0.3) is 0 Å². The summed E-state index contributed by atoms with van der Waals surface area (Å²) in [6.45, 7) is 1.37. The number of methoxy groups -OCH3 is 1. The van der Waals surface area contributed by atoms with Crippen molar-refractivity contribution >= 4 is 46.5 Å². The predicted octanol–water partition coefficient (Wildman–Crippen LogP) is 4.09. The molecule has 0 fully saturated rings. The average Bonchev–Trinajstić information content (AvgIpc) is 2.60. The molecule has 2 aromatic rings. The van der Waals surface area contributed by atoms with Gasteiger partial charge in [-0.05, 0) is 31.2 Å². The fourth-order valence-corrected chi connectivity index (χ4v) is 2.61. The van der Waals surface area contributed by atoms with Gasteiger partial charge in [0.2, 0.25) is 0 Å². The Morgan fingerprint density at radius 1 is 1.15 bits per heavy atom. The molecule has 2 rings (SSSR count). The number of halogens is 2. The molecular weight excluding hydrogens is 399 g/mol. The summed E-state index contributed by atoms with van der Waals surface area (Å²) < 4.78 is 10.1. The van der Waals surface area contributed by atoms with Crippen molar-refractivity contribution in [1.29, 1.82) is 0 Å². The number of rotatable bonds is 6. The topological polar surface area (TPSA) is 108 Å². The van der Waals surface area contributed by atoms with Crippen molar-refractivity contribution in [3.8, 4) is 5.75 Å². The van der Waals surface area contributed by atoms with Gasteiger partial charge in [-0.15, -0.1) is 0 Å². The lowest BCUT2D eigenvalue weighted by Crippen LogP contribution is -2.30. The molecule has 142 valence electrons. The van der Waals surface area contributed by atoms with E-state index >= 15 is 0 Å². The van der Waals surface area contributed by atoms with Crippen LogP contribution in [-0.2, 0) is 9.53 Å². The van der Waals surface area contributed by atoms with Crippen molar-refractivity contribution in [3.05, 3.63) is 62.1 Å². The number of nitrogens with one attached hydrogen (secondary N) is 1. The molecule has 1 atom stereocenters. The Balaban J connectivity index is 2.09. The third kappa shape index (κ3) is 5.32. The Kier molecular flexibility index (Phi) is 6.59. The number of amides is 1. The Hall–Kier alpha value is -2.84. The lowest BCUT2D eigenvalue weighted by Gasteiger charge is -2.15. The third-order valence-electron chi connectivity index (χ3n) is 3.41. The molecule has 0 saturated heterocycles. The zero-order valence-corrected chi connectivity index (χ0v) is 15.7. The van der Waals surface area contributed by atoms with Gasteiger partial charge in [0, 0.05) is 16.1 Å². The van der Waals surface area contributed by atoms with E-state index in [4.69, 9.17) is 32.7 Å². The van der Waals surface area contributed by atoms with E-state index in [1.807, 2.05) is 0 Å². The van der Waals surface area contributed by atoms with Gasteiger partial charge in [-0.25, -0.2) is 4.79 Å². The molecule has 0 saturated carbocycles. The number of carbonyl (C=O) groups excluding carboxylic acids is 2. The van der Waals surface area contributed by atoms with Crippen LogP contribution in [-0.4, -0.2) is 30.0 Å². The number of ether oxygens (including phenoxy) is 2. The van der Waals surface area contributed by atoms with Crippen LogP contribution < -0.4 is 10.1 Å². The van der Waals surface area contributed by atoms with E-state index in [0.717, 1.165) is 0 Å². The van der Waals surface area contributed by atoms with Gasteiger partial charge in [0.25, 0.3) is 11.6 Å². The van der Waals surface area contributed by atoms with E-state index in [1.165, 1.54) is 50.4 Å². The Bertz CT molecular complexity index is 883. The lowest BCUT2D eigenvalue weighted by atomic mass is 10.2. The van der Waals surface area contributed by atoms with Gasteiger partial charge in [0.15, 0.2) is 6.10 Å². The minimum Gasteiger partial charge on any atom is -0.494 e. The number of non-ortho nitro benzene ring substituents is 1. The molecule has 0 aliphatic heterocycles. The molecule has 8 nitrogen and oxygen atoms in total. The Morgan fingerprint density at radius 2 is 1.78 bits per heavy atom. The minimum atomic E-state index is -1.16. The highest BCUT2D eigenvalue weighted by Gasteiger charge is 2.21. The second kappa shape index (κ2) is 8.70. The standard InChI is InChI=1S/C17H14Cl2N2O6/c1-9(27-17(23)10-5-11(18)7-12(19)6-10)16(22)20-14-4-3-13(21(24)25)8-15(14)26-2/h3-9H,1-2H3,(H,20,22)/t9-/m1/s1. The smallest absolute Gasteiger partial charge is 0.339 e. The highest BCUT2D eigenvalue weighted by Crippen LogP contribution is 2.29. The molecule has 0 radical (unpaired) electrons. The van der Waals surface area contributed by atoms with Crippen LogP contribution in [0.1, 0.15) is 17.3 Å². The summed E-state index contributed by atoms with van der Waals surface area (Å²) in [7, 11) is 1.31. The molecule has 0 spiro atoms. The minimum absolute atomic E-state index is 0.0951. The van der Waals surface area contributed by atoms with E-state index in [0.29, 0.717) is 0 Å². The van der Waals surface area contributed by atoms with Gasteiger partial charge >= 0.3 is 5.97 Å². The van der Waals surface area contributed by atoms with Crippen LogP contribution in [0.2, 0.25) is 10.0 Å². The number of nitro groups is 1. The van der Waals surface area contributed by atoms with Gasteiger partial charge in [0.1, 0.15) is 5.75 Å². The van der Waals surface area contributed by atoms with Crippen LogP contribution in [0.3, 0.4) is 0 Å². The van der Waals surface area contributed by atoms with Crippen molar-refractivity contribution in [3.63, 3.8) is 0 Å². The van der Waals surface area contributed by atoms with E-state index in [9.17, 15) is 19.7 Å². The highest BCUT2D eigenvalue weighted by molar-refractivity contribution is 6.35. The van der Waals surface area contributed by atoms with Crippen LogP contribution in [0, 0.1) is 10.1 Å². The van der Waals surface area contributed by atoms with Crippen LogP contribution in [0.15, 0.2) is 36.4 Å². The number of carbonyl (C=O) groups is 2. The first-order chi connectivity index (χ1) is 12.7. The molecule has 0 aliphatic rings. The van der Waals surface area contributed by atoms with Gasteiger partial charge in [0.05, 0.1) is 29.4 Å². The molecule has 1 amide bonds. The highest BCUT2D eigenvalue weighted by atomic mass is 35.5. The average molecular weight is 413 g/mol. The summed E-state index contributed by atoms with van der Waals surface area (Å²) in [5.74, 6) is -1.33. The summed E-state index contributed by atoms with van der Waals surface area (Å²) in [6.07, 6.45) is -1.16. The molecule has 2 aromatic carbocycles. The van der Waals surface area contributed by atoms with Crippen molar-refractivity contribution in [2.75, 3.05) is 12.4 Å². The normalized spacial score (nSPS) is 11.4. The number of benzene rings is 2. The zero-order chi connectivity index (χ0) is 20.1. The fourth-order valence-electron chi connectivity index (χ4n) is 2.08. The number of nitro benzene ring substituents is 1. The summed E-state index contributed by atoms with van der Waals surface area (Å²) in [4.78, 5) is 34.6. The van der Waals surface area contributed by atoms with E-state index in [1.54, 1.807) is 0 Å². The molecule has 0 unspecified atom stereocenters. The second-order valence-corrected chi connectivity index (χ2v) is 6.21. The Morgan fingerprint density at radius 3 is 2.33 bits per heavy atom. The first-order valence-corrected chi connectivity index (χ1v) is 8.27. The summed E-state index contributed by atoms with van der Waals surface area (Å²) in [5.41, 5.74) is 0.101. The molecule has 1 N–H and O–H groups in total. The van der Waals surface area contributed by atoms with Crippen LogP contribution >= 0.6 is 23.2 Å². The molecular formula is C17H14Cl2N2O6. The second-order valence-electron chi connectivity index (χ2n) is 5.34. The van der Waals surface area contributed by atoms with Gasteiger partial charge in [-0.2, -0.15) is 0 Å². The van der Waals surface area contributed by atoms with E-state index < -0.39 is 22.9 Å². The molecule has 0 aromatic heterocycles.